The van der Waals surface area contributed by atoms with Crippen molar-refractivity contribution in [3.63, 3.8) is 0 Å². The van der Waals surface area contributed by atoms with Crippen molar-refractivity contribution in [3.8, 4) is 11.5 Å². The third kappa shape index (κ3) is 3.85. The summed E-state index contributed by atoms with van der Waals surface area (Å²) in [5.41, 5.74) is 8.86. The van der Waals surface area contributed by atoms with Gasteiger partial charge in [-0.2, -0.15) is 4.99 Å². The Kier molecular flexibility index (Phi) is 5.64. The van der Waals surface area contributed by atoms with E-state index in [0.29, 0.717) is 11.4 Å². The van der Waals surface area contributed by atoms with Gasteiger partial charge in [0.15, 0.2) is 0 Å². The molecule has 8 heteroatoms. The lowest BCUT2D eigenvalue weighted by Gasteiger charge is -2.34. The first-order valence-electron chi connectivity index (χ1n) is 9.78. The van der Waals surface area contributed by atoms with E-state index in [0.717, 1.165) is 22.7 Å². The van der Waals surface area contributed by atoms with Gasteiger partial charge in [0.1, 0.15) is 23.5 Å². The summed E-state index contributed by atoms with van der Waals surface area (Å²) in [6.07, 6.45) is -0.634. The fraction of sp³-hybridized carbons (Fsp3) is 0.217. The third-order valence-corrected chi connectivity index (χ3v) is 4.95. The van der Waals surface area contributed by atoms with E-state index < -0.39 is 12.1 Å². The number of carbonyl (C=O) groups is 1. The van der Waals surface area contributed by atoms with Crippen molar-refractivity contribution in [1.82, 2.24) is 0 Å². The van der Waals surface area contributed by atoms with Gasteiger partial charge >= 0.3 is 5.97 Å². The Morgan fingerprint density at radius 3 is 2.26 bits per heavy atom. The molecule has 31 heavy (non-hydrogen) atoms. The molecule has 160 valence electrons. The fourth-order valence-electron chi connectivity index (χ4n) is 3.39. The molecule has 1 aromatic heterocycles. The Morgan fingerprint density at radius 1 is 1.06 bits per heavy atom. The molecule has 0 fully saturated rings. The molecule has 0 amide bonds. The number of carbonyl (C=O) groups excluding carboxylic acids is 1. The van der Waals surface area contributed by atoms with Crippen LogP contribution in [-0.4, -0.2) is 32.6 Å². The maximum absolute atomic E-state index is 12.2. The molecule has 0 spiro atoms. The summed E-state index contributed by atoms with van der Waals surface area (Å²) in [6.45, 7) is 1.98. The molecule has 0 radical (unpaired) electrons. The van der Waals surface area contributed by atoms with E-state index in [9.17, 15) is 4.79 Å². The highest BCUT2D eigenvalue weighted by atomic mass is 16.5. The van der Waals surface area contributed by atoms with E-state index in [-0.39, 0.29) is 18.3 Å². The maximum Gasteiger partial charge on any atom is 0.374 e. The van der Waals surface area contributed by atoms with Crippen molar-refractivity contribution in [2.24, 2.45) is 10.7 Å². The number of hydrogen-bond acceptors (Lipinski definition) is 8. The predicted molar refractivity (Wildman–Crippen MR) is 116 cm³/mol. The van der Waals surface area contributed by atoms with E-state index in [2.05, 4.69) is 0 Å². The zero-order valence-electron chi connectivity index (χ0n) is 17.5. The van der Waals surface area contributed by atoms with Crippen LogP contribution in [0, 0.1) is 0 Å². The number of esters is 1. The molecule has 0 aliphatic carbocycles. The number of methoxy groups -OCH3 is 2. The molecule has 0 saturated heterocycles. The van der Waals surface area contributed by atoms with Crippen molar-refractivity contribution in [2.75, 3.05) is 25.7 Å². The molecule has 1 aliphatic rings. The van der Waals surface area contributed by atoms with E-state index in [1.54, 1.807) is 27.2 Å². The number of amidine groups is 1. The predicted octanol–water partition coefficient (Wildman–Crippen LogP) is 4.03. The Labute approximate surface area is 179 Å². The van der Waals surface area contributed by atoms with Gasteiger partial charge in [0, 0.05) is 17.3 Å². The maximum atomic E-state index is 12.2. The van der Waals surface area contributed by atoms with Gasteiger partial charge in [0.2, 0.25) is 11.6 Å². The minimum atomic E-state index is -0.634. The Morgan fingerprint density at radius 2 is 1.68 bits per heavy atom. The van der Waals surface area contributed by atoms with Crippen LogP contribution in [0.3, 0.4) is 0 Å². The second kappa shape index (κ2) is 8.53. The van der Waals surface area contributed by atoms with Crippen molar-refractivity contribution >= 4 is 23.4 Å². The standard InChI is InChI=1S/C23H23N3O5/c1-4-30-23(27)19-13-18-20(24)26(15-7-11-17(29-3)12-8-15)21(25-22(18)31-19)14-5-9-16(28-2)10-6-14/h5-13,20H,4,24H2,1-3H3. The summed E-state index contributed by atoms with van der Waals surface area (Å²) >= 11 is 0. The molecule has 4 rings (SSSR count). The lowest BCUT2D eigenvalue weighted by Crippen LogP contribution is -2.41. The summed E-state index contributed by atoms with van der Waals surface area (Å²) in [5.74, 6) is 1.83. The van der Waals surface area contributed by atoms with E-state index in [1.165, 1.54) is 0 Å². The highest BCUT2D eigenvalue weighted by molar-refractivity contribution is 6.12. The molecule has 1 unspecified atom stereocenters. The number of rotatable bonds is 6. The van der Waals surface area contributed by atoms with Crippen LogP contribution >= 0.6 is 0 Å². The average Bonchev–Trinajstić information content (AvgIpc) is 3.24. The largest absolute Gasteiger partial charge is 0.497 e. The van der Waals surface area contributed by atoms with Crippen LogP contribution in [0.5, 0.6) is 11.5 Å². The van der Waals surface area contributed by atoms with Crippen LogP contribution in [0.2, 0.25) is 0 Å². The van der Waals surface area contributed by atoms with Gasteiger partial charge in [-0.3, -0.25) is 0 Å². The van der Waals surface area contributed by atoms with Gasteiger partial charge in [-0.05, 0) is 55.5 Å². The second-order valence-corrected chi connectivity index (χ2v) is 6.77. The summed E-state index contributed by atoms with van der Waals surface area (Å²) in [6, 6.07) is 16.6. The second-order valence-electron chi connectivity index (χ2n) is 6.77. The zero-order valence-corrected chi connectivity index (χ0v) is 17.5. The van der Waals surface area contributed by atoms with Gasteiger partial charge in [0.05, 0.1) is 26.4 Å². The minimum absolute atomic E-state index is 0.0664. The van der Waals surface area contributed by atoms with Gasteiger partial charge in [0.25, 0.3) is 0 Å². The number of hydrogen-bond donors (Lipinski definition) is 1. The lowest BCUT2D eigenvalue weighted by molar-refractivity contribution is 0.0491. The number of fused-ring (bicyclic) bond motifs is 1. The zero-order chi connectivity index (χ0) is 22.0. The Balaban J connectivity index is 1.82. The molecular weight excluding hydrogens is 398 g/mol. The first-order valence-corrected chi connectivity index (χ1v) is 9.78. The summed E-state index contributed by atoms with van der Waals surface area (Å²) in [4.78, 5) is 18.8. The van der Waals surface area contributed by atoms with Gasteiger partial charge in [-0.1, -0.05) is 0 Å². The van der Waals surface area contributed by atoms with Crippen molar-refractivity contribution in [3.05, 3.63) is 71.5 Å². The molecule has 3 aromatic rings. The number of furan rings is 1. The molecule has 2 aromatic carbocycles. The highest BCUT2D eigenvalue weighted by Crippen LogP contribution is 2.39. The van der Waals surface area contributed by atoms with Gasteiger partial charge < -0.3 is 29.3 Å². The van der Waals surface area contributed by atoms with Gasteiger partial charge in [-0.25, -0.2) is 4.79 Å². The Bertz CT molecular complexity index is 1100. The average molecular weight is 421 g/mol. The van der Waals surface area contributed by atoms with Crippen LogP contribution < -0.4 is 20.1 Å². The molecule has 1 atom stereocenters. The molecule has 1 aliphatic heterocycles. The number of benzene rings is 2. The molecule has 0 bridgehead atoms. The minimum Gasteiger partial charge on any atom is -0.497 e. The van der Waals surface area contributed by atoms with E-state index in [1.807, 2.05) is 53.4 Å². The van der Waals surface area contributed by atoms with E-state index in [4.69, 9.17) is 29.4 Å². The number of nitrogens with two attached hydrogens (primary N) is 1. The summed E-state index contributed by atoms with van der Waals surface area (Å²) in [7, 11) is 3.22. The first kappa shape index (κ1) is 20.5. The van der Waals surface area contributed by atoms with Crippen LogP contribution in [0.4, 0.5) is 11.6 Å². The highest BCUT2D eigenvalue weighted by Gasteiger charge is 2.33. The molecule has 2 heterocycles. The third-order valence-electron chi connectivity index (χ3n) is 4.95. The number of aliphatic imine (C=N–C) groups is 1. The monoisotopic (exact) mass is 421 g/mol. The topological polar surface area (TPSA) is 99.5 Å². The van der Waals surface area contributed by atoms with Crippen molar-refractivity contribution in [1.29, 1.82) is 0 Å². The molecule has 2 N–H and O–H groups in total. The molecular formula is C23H23N3O5. The normalized spacial score (nSPS) is 15.2. The number of anilines is 1. The fourth-order valence-corrected chi connectivity index (χ4v) is 3.39. The SMILES string of the molecule is CCOC(=O)c1cc2c(o1)N=C(c1ccc(OC)cc1)N(c1ccc(OC)cc1)C2N. The summed E-state index contributed by atoms with van der Waals surface area (Å²) < 4.78 is 21.3. The summed E-state index contributed by atoms with van der Waals surface area (Å²) in [5, 5.41) is 0. The number of nitrogens with zero attached hydrogens (tertiary/aromatic N) is 2. The molecule has 0 saturated carbocycles. The quantitative estimate of drug-likeness (QED) is 0.600. The van der Waals surface area contributed by atoms with Crippen LogP contribution in [0.15, 0.2) is 64.0 Å². The van der Waals surface area contributed by atoms with Crippen LogP contribution in [-0.2, 0) is 4.74 Å². The van der Waals surface area contributed by atoms with E-state index >= 15 is 0 Å². The van der Waals surface area contributed by atoms with Crippen molar-refractivity contribution in [2.45, 2.75) is 13.1 Å². The number of ether oxygens (including phenoxy) is 3. The lowest BCUT2D eigenvalue weighted by atomic mass is 10.1. The van der Waals surface area contributed by atoms with Gasteiger partial charge in [-0.15, -0.1) is 0 Å². The Hall–Kier alpha value is -3.78. The smallest absolute Gasteiger partial charge is 0.374 e. The van der Waals surface area contributed by atoms with Crippen molar-refractivity contribution < 1.29 is 23.4 Å². The van der Waals surface area contributed by atoms with Crippen LogP contribution in [0.25, 0.3) is 0 Å². The van der Waals surface area contributed by atoms with Crippen LogP contribution in [0.1, 0.15) is 34.8 Å². The molecule has 8 nitrogen and oxygen atoms in total. The first-order chi connectivity index (χ1) is 15.0.